The molecule has 0 amide bonds. The molecule has 0 aromatic rings. The van der Waals surface area contributed by atoms with Gasteiger partial charge in [0.05, 0.1) is 11.8 Å². The van der Waals surface area contributed by atoms with E-state index in [9.17, 15) is 34.2 Å². The molecular formula is C32H46O12. The Morgan fingerprint density at radius 1 is 1.07 bits per heavy atom. The van der Waals surface area contributed by atoms with Crippen molar-refractivity contribution in [3.63, 3.8) is 0 Å². The summed E-state index contributed by atoms with van der Waals surface area (Å²) in [6.45, 7) is 15.5. The third-order valence-electron chi connectivity index (χ3n) is 9.15. The Morgan fingerprint density at radius 2 is 1.68 bits per heavy atom. The number of allylic oxidation sites excluding steroid dienone is 1. The summed E-state index contributed by atoms with van der Waals surface area (Å²) >= 11 is 0. The molecule has 0 unspecified atom stereocenters. The van der Waals surface area contributed by atoms with E-state index >= 15 is 0 Å². The highest BCUT2D eigenvalue weighted by molar-refractivity contribution is 5.88. The van der Waals surface area contributed by atoms with Gasteiger partial charge in [-0.2, -0.15) is 0 Å². The van der Waals surface area contributed by atoms with Crippen molar-refractivity contribution in [3.05, 3.63) is 22.8 Å². The van der Waals surface area contributed by atoms with E-state index in [0.717, 1.165) is 6.92 Å². The Kier molecular flexibility index (Phi) is 10.1. The molecular weight excluding hydrogens is 576 g/mol. The van der Waals surface area contributed by atoms with Gasteiger partial charge in [0.2, 0.25) is 0 Å². The number of hydrogen-bond acceptors (Lipinski definition) is 12. The number of rotatable bonds is 9. The van der Waals surface area contributed by atoms with Crippen LogP contribution in [0.5, 0.6) is 0 Å². The molecule has 0 radical (unpaired) electrons. The van der Waals surface area contributed by atoms with Crippen molar-refractivity contribution in [1.82, 2.24) is 0 Å². The molecule has 3 aliphatic rings. The summed E-state index contributed by atoms with van der Waals surface area (Å²) in [4.78, 5) is 65.0. The van der Waals surface area contributed by atoms with Crippen molar-refractivity contribution < 1.29 is 57.9 Å². The van der Waals surface area contributed by atoms with Gasteiger partial charge in [0.15, 0.2) is 29.5 Å². The molecule has 1 heterocycles. The normalized spacial score (nSPS) is 35.7. The first kappa shape index (κ1) is 35.2. The largest absolute Gasteiger partial charge is 0.459 e. The number of carbonyl (C=O) groups is 5. The SMILES string of the molecule is CC=C(C)C(=O)O[C@H]1C(C)=C2[C@H]([C@@H]1OC(=O)CC(C)C)[C@@](C)(OC(C)=O)C[C@H](OC(=O)[C@H](C)CC)[C@@]1(O)[C@H]2OC(=O)[C@@]1(C)O. The van der Waals surface area contributed by atoms with Crippen LogP contribution in [0.4, 0.5) is 0 Å². The second-order valence-corrected chi connectivity index (χ2v) is 13.0. The Hall–Kier alpha value is -3.25. The van der Waals surface area contributed by atoms with Crippen molar-refractivity contribution in [2.24, 2.45) is 17.8 Å². The van der Waals surface area contributed by atoms with Gasteiger partial charge in [-0.1, -0.05) is 33.8 Å². The van der Waals surface area contributed by atoms with Gasteiger partial charge in [-0.3, -0.25) is 14.4 Å². The quantitative estimate of drug-likeness (QED) is 0.167. The predicted molar refractivity (Wildman–Crippen MR) is 154 cm³/mol. The predicted octanol–water partition coefficient (Wildman–Crippen LogP) is 2.86. The van der Waals surface area contributed by atoms with Gasteiger partial charge >= 0.3 is 29.8 Å². The Balaban J connectivity index is 2.34. The van der Waals surface area contributed by atoms with Crippen LogP contribution >= 0.6 is 0 Å². The monoisotopic (exact) mass is 622 g/mol. The lowest BCUT2D eigenvalue weighted by atomic mass is 9.75. The minimum absolute atomic E-state index is 0.0165. The van der Waals surface area contributed by atoms with E-state index in [2.05, 4.69) is 0 Å². The average molecular weight is 623 g/mol. The van der Waals surface area contributed by atoms with Crippen LogP contribution in [-0.2, 0) is 47.7 Å². The fourth-order valence-corrected chi connectivity index (χ4v) is 6.35. The van der Waals surface area contributed by atoms with E-state index in [1.54, 1.807) is 40.7 Å². The highest BCUT2D eigenvalue weighted by Crippen LogP contribution is 2.57. The van der Waals surface area contributed by atoms with Gasteiger partial charge < -0.3 is 33.9 Å². The summed E-state index contributed by atoms with van der Waals surface area (Å²) in [5.41, 5.74) is -6.19. The van der Waals surface area contributed by atoms with Crippen LogP contribution in [0.3, 0.4) is 0 Å². The van der Waals surface area contributed by atoms with Crippen molar-refractivity contribution in [2.75, 3.05) is 0 Å². The van der Waals surface area contributed by atoms with Crippen LogP contribution in [0, 0.1) is 17.8 Å². The van der Waals surface area contributed by atoms with Gasteiger partial charge in [0, 0.05) is 25.3 Å². The lowest BCUT2D eigenvalue weighted by Crippen LogP contribution is -2.64. The van der Waals surface area contributed by atoms with Crippen LogP contribution in [0.1, 0.15) is 88.5 Å². The summed E-state index contributed by atoms with van der Waals surface area (Å²) in [7, 11) is 0. The molecule has 0 aromatic heterocycles. The Bertz CT molecular complexity index is 1260. The van der Waals surface area contributed by atoms with Crippen molar-refractivity contribution in [2.45, 2.75) is 130 Å². The molecule has 246 valence electrons. The number of aliphatic hydroxyl groups is 2. The molecule has 12 heteroatoms. The number of carbonyl (C=O) groups excluding carboxylic acids is 5. The Morgan fingerprint density at radius 3 is 2.20 bits per heavy atom. The fraction of sp³-hybridized carbons (Fsp3) is 0.719. The van der Waals surface area contributed by atoms with Gasteiger partial charge in [-0.05, 0) is 58.1 Å². The molecule has 0 bridgehead atoms. The van der Waals surface area contributed by atoms with E-state index in [1.807, 2.05) is 13.8 Å². The number of ether oxygens (including phenoxy) is 5. The maximum Gasteiger partial charge on any atom is 0.341 e. The summed E-state index contributed by atoms with van der Waals surface area (Å²) in [5, 5.41) is 23.9. The molecule has 3 rings (SSSR count). The van der Waals surface area contributed by atoms with Crippen molar-refractivity contribution >= 4 is 29.8 Å². The van der Waals surface area contributed by atoms with Gasteiger partial charge in [-0.25, -0.2) is 9.59 Å². The Labute approximate surface area is 258 Å². The zero-order valence-electron chi connectivity index (χ0n) is 27.2. The second kappa shape index (κ2) is 12.6. The molecule has 9 atom stereocenters. The standard InChI is InChI=1S/C32H46O12/c1-11-16(5)27(35)40-20-14-30(9,44-19(8)33)23-22(26-32(20,39)31(10,38)29(37)43-26)18(7)24(42-28(36)17(6)12-2)25(23)41-21(34)13-15(3)4/h12,15-16,20,23-26,38-39H,11,13-14H2,1-10H3/t16-,20+,23-,24+,25+,26+,30+,31-,32-/m1/s1. The fourth-order valence-electron chi connectivity index (χ4n) is 6.35. The van der Waals surface area contributed by atoms with E-state index in [4.69, 9.17) is 23.7 Å². The van der Waals surface area contributed by atoms with Crippen LogP contribution in [0.2, 0.25) is 0 Å². The van der Waals surface area contributed by atoms with Gasteiger partial charge in [-0.15, -0.1) is 0 Å². The van der Waals surface area contributed by atoms with Crippen molar-refractivity contribution in [3.8, 4) is 0 Å². The second-order valence-electron chi connectivity index (χ2n) is 13.0. The van der Waals surface area contributed by atoms with Crippen molar-refractivity contribution in [1.29, 1.82) is 0 Å². The highest BCUT2D eigenvalue weighted by atomic mass is 16.6. The zero-order chi connectivity index (χ0) is 33.5. The molecule has 1 aliphatic heterocycles. The minimum atomic E-state index is -2.59. The first-order valence-corrected chi connectivity index (χ1v) is 15.1. The summed E-state index contributed by atoms with van der Waals surface area (Å²) in [5.74, 6) is -5.81. The van der Waals surface area contributed by atoms with Gasteiger partial charge in [0.1, 0.15) is 11.7 Å². The first-order valence-electron chi connectivity index (χ1n) is 15.1. The molecule has 1 saturated carbocycles. The minimum Gasteiger partial charge on any atom is -0.459 e. The molecule has 2 aliphatic carbocycles. The van der Waals surface area contributed by atoms with Crippen LogP contribution < -0.4 is 0 Å². The lowest BCUT2D eigenvalue weighted by molar-refractivity contribution is -0.214. The number of hydrogen-bond donors (Lipinski definition) is 2. The maximum absolute atomic E-state index is 13.2. The third kappa shape index (κ3) is 6.02. The smallest absolute Gasteiger partial charge is 0.341 e. The molecule has 2 N–H and O–H groups in total. The molecule has 44 heavy (non-hydrogen) atoms. The summed E-state index contributed by atoms with van der Waals surface area (Å²) < 4.78 is 29.2. The van der Waals surface area contributed by atoms with E-state index in [-0.39, 0.29) is 29.1 Å². The number of fused-ring (bicyclic) bond motifs is 3. The number of esters is 5. The molecule has 0 spiro atoms. The lowest BCUT2D eigenvalue weighted by Gasteiger charge is -2.42. The van der Waals surface area contributed by atoms with Gasteiger partial charge in [0.25, 0.3) is 0 Å². The zero-order valence-corrected chi connectivity index (χ0v) is 27.2. The first-order chi connectivity index (χ1) is 20.3. The maximum atomic E-state index is 13.2. The summed E-state index contributed by atoms with van der Waals surface area (Å²) in [6.07, 6.45) is -4.27. The molecule has 1 saturated heterocycles. The molecule has 12 nitrogen and oxygen atoms in total. The average Bonchev–Trinajstić information content (AvgIpc) is 3.25. The van der Waals surface area contributed by atoms with Crippen LogP contribution in [-0.4, -0.2) is 81.3 Å². The highest BCUT2D eigenvalue weighted by Gasteiger charge is 2.76. The van der Waals surface area contributed by atoms with Crippen LogP contribution in [0.25, 0.3) is 0 Å². The van der Waals surface area contributed by atoms with Crippen LogP contribution in [0.15, 0.2) is 22.8 Å². The molecule has 0 aromatic carbocycles. The topological polar surface area (TPSA) is 172 Å². The van der Waals surface area contributed by atoms with E-state index in [0.29, 0.717) is 6.42 Å². The third-order valence-corrected chi connectivity index (χ3v) is 9.15. The summed E-state index contributed by atoms with van der Waals surface area (Å²) in [6, 6.07) is 0. The van der Waals surface area contributed by atoms with E-state index in [1.165, 1.54) is 13.8 Å². The van der Waals surface area contributed by atoms with E-state index < -0.39 is 89.3 Å². The molecule has 2 fully saturated rings.